The van der Waals surface area contributed by atoms with Crippen LogP contribution in [0.3, 0.4) is 0 Å². The van der Waals surface area contributed by atoms with Crippen LogP contribution in [-0.2, 0) is 6.54 Å². The molecule has 3 nitrogen and oxygen atoms in total. The van der Waals surface area contributed by atoms with Crippen molar-refractivity contribution in [1.82, 2.24) is 15.0 Å². The predicted octanol–water partition coefficient (Wildman–Crippen LogP) is 2.48. The zero-order chi connectivity index (χ0) is 12.2. The van der Waals surface area contributed by atoms with Crippen LogP contribution in [0.1, 0.15) is 5.56 Å². The number of aromatic nitrogens is 3. The van der Waals surface area contributed by atoms with Crippen molar-refractivity contribution >= 4 is 11.0 Å². The molecule has 0 amide bonds. The van der Waals surface area contributed by atoms with Gasteiger partial charge in [0.2, 0.25) is 0 Å². The first-order valence-corrected chi connectivity index (χ1v) is 5.76. The Morgan fingerprint density at radius 1 is 0.833 bits per heavy atom. The number of fused-ring (bicyclic) bond motifs is 1. The third kappa shape index (κ3) is 2.23. The fraction of sp³-hybridized carbons (Fsp3) is 0.0667. The highest BCUT2D eigenvalue weighted by atomic mass is 15.5. The second-order valence-corrected chi connectivity index (χ2v) is 3.89. The molecular weight excluding hydrogens is 222 g/mol. The van der Waals surface area contributed by atoms with Crippen LogP contribution in [0.2, 0.25) is 0 Å². The van der Waals surface area contributed by atoms with Crippen molar-refractivity contribution in [3.63, 3.8) is 0 Å². The maximum atomic E-state index is 4.35. The maximum absolute atomic E-state index is 4.35. The molecule has 3 rings (SSSR count). The van der Waals surface area contributed by atoms with Gasteiger partial charge in [-0.05, 0) is 24.3 Å². The van der Waals surface area contributed by atoms with Crippen molar-refractivity contribution < 1.29 is 0 Å². The van der Waals surface area contributed by atoms with E-state index < -0.39 is 0 Å². The van der Waals surface area contributed by atoms with Crippen LogP contribution in [0.5, 0.6) is 0 Å². The van der Waals surface area contributed by atoms with Crippen LogP contribution in [0.4, 0.5) is 0 Å². The summed E-state index contributed by atoms with van der Waals surface area (Å²) in [6.07, 6.45) is 0. The molecule has 86 valence electrons. The lowest BCUT2D eigenvalue weighted by molar-refractivity contribution is 0.622. The Hall–Kier alpha value is -2.60. The van der Waals surface area contributed by atoms with E-state index >= 15 is 0 Å². The molecule has 0 atom stereocenters. The summed E-state index contributed by atoms with van der Waals surface area (Å²) in [6, 6.07) is 17.7. The Balaban J connectivity index is 1.79. The van der Waals surface area contributed by atoms with Gasteiger partial charge in [0.1, 0.15) is 17.6 Å². The summed E-state index contributed by atoms with van der Waals surface area (Å²) >= 11 is 0. The van der Waals surface area contributed by atoms with Gasteiger partial charge < -0.3 is 0 Å². The Bertz CT molecular complexity index is 684. The van der Waals surface area contributed by atoms with Crippen LogP contribution in [0.25, 0.3) is 11.0 Å². The highest BCUT2D eigenvalue weighted by Gasteiger charge is 1.98. The molecule has 0 unspecified atom stereocenters. The third-order valence-electron chi connectivity index (χ3n) is 2.56. The van der Waals surface area contributed by atoms with Crippen molar-refractivity contribution in [3.05, 3.63) is 60.2 Å². The second kappa shape index (κ2) is 4.72. The van der Waals surface area contributed by atoms with Gasteiger partial charge in [0.15, 0.2) is 0 Å². The molecule has 0 radical (unpaired) electrons. The van der Waals surface area contributed by atoms with Crippen molar-refractivity contribution in [2.45, 2.75) is 6.54 Å². The van der Waals surface area contributed by atoms with Gasteiger partial charge in [-0.15, -0.1) is 0 Å². The van der Waals surface area contributed by atoms with Crippen LogP contribution in [0.15, 0.2) is 54.6 Å². The molecule has 3 aromatic rings. The largest absolute Gasteiger partial charge is 0.171 e. The summed E-state index contributed by atoms with van der Waals surface area (Å²) in [5.74, 6) is 6.15. The normalized spacial score (nSPS) is 10.0. The lowest BCUT2D eigenvalue weighted by Crippen LogP contribution is -1.99. The molecule has 0 spiro atoms. The third-order valence-corrected chi connectivity index (χ3v) is 2.56. The van der Waals surface area contributed by atoms with Gasteiger partial charge in [0.05, 0.1) is 0 Å². The van der Waals surface area contributed by atoms with Crippen LogP contribution in [-0.4, -0.2) is 15.0 Å². The number of nitrogens with zero attached hydrogens (tertiary/aromatic N) is 3. The highest BCUT2D eigenvalue weighted by molar-refractivity contribution is 5.72. The summed E-state index contributed by atoms with van der Waals surface area (Å²) in [5.41, 5.74) is 2.81. The van der Waals surface area contributed by atoms with Crippen LogP contribution < -0.4 is 0 Å². The van der Waals surface area contributed by atoms with E-state index in [1.165, 1.54) is 0 Å². The summed E-state index contributed by atoms with van der Waals surface area (Å²) in [6.45, 7) is 0.504. The molecular formula is C15H11N3. The Labute approximate surface area is 105 Å². The Morgan fingerprint density at radius 3 is 2.11 bits per heavy atom. The zero-order valence-electron chi connectivity index (χ0n) is 9.74. The number of rotatable bonds is 1. The van der Waals surface area contributed by atoms with Gasteiger partial charge >= 0.3 is 0 Å². The highest BCUT2D eigenvalue weighted by Crippen LogP contribution is 2.06. The molecule has 0 aliphatic heterocycles. The van der Waals surface area contributed by atoms with E-state index in [0.29, 0.717) is 6.54 Å². The van der Waals surface area contributed by atoms with E-state index in [1.807, 2.05) is 54.6 Å². The topological polar surface area (TPSA) is 30.7 Å². The molecule has 2 aromatic carbocycles. The minimum atomic E-state index is 0.504. The number of hydrogen-bond donors (Lipinski definition) is 0. The molecule has 1 aromatic heterocycles. The molecule has 0 fully saturated rings. The number of hydrogen-bond acceptors (Lipinski definition) is 2. The van der Waals surface area contributed by atoms with Gasteiger partial charge in [-0.2, -0.15) is 15.0 Å². The molecule has 18 heavy (non-hydrogen) atoms. The lowest BCUT2D eigenvalue weighted by atomic mass is 10.2. The van der Waals surface area contributed by atoms with Gasteiger partial charge in [-0.1, -0.05) is 42.2 Å². The van der Waals surface area contributed by atoms with Crippen molar-refractivity contribution in [3.8, 4) is 11.8 Å². The van der Waals surface area contributed by atoms with E-state index in [1.54, 1.807) is 4.80 Å². The van der Waals surface area contributed by atoms with E-state index in [9.17, 15) is 0 Å². The zero-order valence-corrected chi connectivity index (χ0v) is 9.74. The van der Waals surface area contributed by atoms with E-state index in [0.717, 1.165) is 16.6 Å². The first-order chi connectivity index (χ1) is 8.92. The van der Waals surface area contributed by atoms with Gasteiger partial charge in [0.25, 0.3) is 0 Å². The molecule has 3 heteroatoms. The predicted molar refractivity (Wildman–Crippen MR) is 70.8 cm³/mol. The molecule has 0 bridgehead atoms. The monoisotopic (exact) mass is 233 g/mol. The second-order valence-electron chi connectivity index (χ2n) is 3.89. The molecule has 0 saturated heterocycles. The average Bonchev–Trinajstić information content (AvgIpc) is 2.82. The lowest BCUT2D eigenvalue weighted by Gasteiger charge is -1.89. The molecule has 0 saturated carbocycles. The summed E-state index contributed by atoms with van der Waals surface area (Å²) < 4.78 is 0. The smallest absolute Gasteiger partial charge is 0.122 e. The molecule has 0 aliphatic rings. The molecule has 0 N–H and O–H groups in total. The standard InChI is InChI=1S/C15H11N3/c1-2-7-13(8-3-1)9-6-12-18-16-14-10-4-5-11-15(14)17-18/h1-5,7-8,10-11H,12H2. The van der Waals surface area contributed by atoms with Crippen molar-refractivity contribution in [2.24, 2.45) is 0 Å². The minimum absolute atomic E-state index is 0.504. The maximum Gasteiger partial charge on any atom is 0.122 e. The van der Waals surface area contributed by atoms with E-state index in [-0.39, 0.29) is 0 Å². The average molecular weight is 233 g/mol. The Kier molecular flexibility index (Phi) is 2.77. The van der Waals surface area contributed by atoms with Crippen molar-refractivity contribution in [2.75, 3.05) is 0 Å². The van der Waals surface area contributed by atoms with Gasteiger partial charge in [0, 0.05) is 5.56 Å². The fourth-order valence-corrected chi connectivity index (χ4v) is 1.71. The fourth-order valence-electron chi connectivity index (χ4n) is 1.71. The van der Waals surface area contributed by atoms with E-state index in [2.05, 4.69) is 22.0 Å². The molecule has 0 aliphatic carbocycles. The minimum Gasteiger partial charge on any atom is -0.171 e. The summed E-state index contributed by atoms with van der Waals surface area (Å²) in [4.78, 5) is 1.63. The first-order valence-electron chi connectivity index (χ1n) is 5.76. The Morgan fingerprint density at radius 2 is 1.44 bits per heavy atom. The van der Waals surface area contributed by atoms with Crippen LogP contribution >= 0.6 is 0 Å². The first kappa shape index (κ1) is 10.5. The summed E-state index contributed by atoms with van der Waals surface area (Å²) in [7, 11) is 0. The quantitative estimate of drug-likeness (QED) is 0.604. The van der Waals surface area contributed by atoms with E-state index in [4.69, 9.17) is 0 Å². The number of benzene rings is 2. The summed E-state index contributed by atoms with van der Waals surface area (Å²) in [5, 5.41) is 8.69. The van der Waals surface area contributed by atoms with Crippen molar-refractivity contribution in [1.29, 1.82) is 0 Å². The van der Waals surface area contributed by atoms with Gasteiger partial charge in [-0.3, -0.25) is 0 Å². The van der Waals surface area contributed by atoms with Crippen LogP contribution in [0, 0.1) is 11.8 Å². The van der Waals surface area contributed by atoms with Gasteiger partial charge in [-0.25, -0.2) is 0 Å². The molecule has 1 heterocycles. The SMILES string of the molecule is C(#Cc1ccccc1)Cn1nc2ccccc2n1.